The van der Waals surface area contributed by atoms with Crippen LogP contribution in [-0.4, -0.2) is 44.7 Å². The number of H-pyrrole nitrogens is 1. The van der Waals surface area contributed by atoms with Crippen LogP contribution in [0.5, 0.6) is 0 Å². The van der Waals surface area contributed by atoms with Gasteiger partial charge < -0.3 is 15.5 Å². The molecule has 32 heavy (non-hydrogen) atoms. The van der Waals surface area contributed by atoms with E-state index in [0.29, 0.717) is 22.8 Å². The van der Waals surface area contributed by atoms with Gasteiger partial charge in [-0.1, -0.05) is 42.0 Å². The summed E-state index contributed by atoms with van der Waals surface area (Å²) in [5.41, 5.74) is 3.64. The molecule has 1 aliphatic rings. The number of benzene rings is 2. The topological polar surface area (TPSA) is 95.0 Å². The molecule has 1 fully saturated rings. The first-order chi connectivity index (χ1) is 15.5. The SMILES string of the molecule is Cc1ccc(-c2n[nH]c(=S)n2CC(=O)NCc2cccc(NC(=O)N3CCCC3)c2)cc1. The number of nitrogens with one attached hydrogen (secondary N) is 3. The highest BCUT2D eigenvalue weighted by Crippen LogP contribution is 2.18. The quantitative estimate of drug-likeness (QED) is 0.497. The zero-order valence-electron chi connectivity index (χ0n) is 17.9. The molecular weight excluding hydrogens is 424 g/mol. The number of carbonyl (C=O) groups excluding carboxylic acids is 2. The predicted molar refractivity (Wildman–Crippen MR) is 126 cm³/mol. The van der Waals surface area contributed by atoms with Crippen molar-refractivity contribution in [3.63, 3.8) is 0 Å². The van der Waals surface area contributed by atoms with Gasteiger partial charge in [0.1, 0.15) is 6.54 Å². The van der Waals surface area contributed by atoms with Gasteiger partial charge in [0, 0.05) is 30.9 Å². The Morgan fingerprint density at radius 3 is 2.62 bits per heavy atom. The summed E-state index contributed by atoms with van der Waals surface area (Å²) in [5, 5.41) is 12.9. The van der Waals surface area contributed by atoms with Gasteiger partial charge in [0.15, 0.2) is 10.6 Å². The highest BCUT2D eigenvalue weighted by atomic mass is 32.1. The maximum absolute atomic E-state index is 12.6. The van der Waals surface area contributed by atoms with Crippen LogP contribution in [-0.2, 0) is 17.9 Å². The molecule has 1 saturated heterocycles. The maximum Gasteiger partial charge on any atom is 0.321 e. The number of likely N-dealkylation sites (tertiary alicyclic amines) is 1. The van der Waals surface area contributed by atoms with Crippen LogP contribution >= 0.6 is 12.2 Å². The van der Waals surface area contributed by atoms with E-state index in [1.54, 1.807) is 4.57 Å². The molecule has 0 unspecified atom stereocenters. The summed E-state index contributed by atoms with van der Waals surface area (Å²) in [7, 11) is 0. The second kappa shape index (κ2) is 9.78. The lowest BCUT2D eigenvalue weighted by Gasteiger charge is -2.16. The van der Waals surface area contributed by atoms with E-state index >= 15 is 0 Å². The Labute approximate surface area is 191 Å². The van der Waals surface area contributed by atoms with E-state index in [2.05, 4.69) is 20.8 Å². The molecule has 3 amide bonds. The van der Waals surface area contributed by atoms with Gasteiger partial charge in [-0.05, 0) is 49.7 Å². The van der Waals surface area contributed by atoms with Crippen molar-refractivity contribution in [1.82, 2.24) is 25.0 Å². The van der Waals surface area contributed by atoms with Crippen molar-refractivity contribution in [3.05, 3.63) is 64.4 Å². The molecule has 0 aliphatic carbocycles. The van der Waals surface area contributed by atoms with Crippen molar-refractivity contribution < 1.29 is 9.59 Å². The van der Waals surface area contributed by atoms with Crippen molar-refractivity contribution in [3.8, 4) is 11.4 Å². The average molecular weight is 451 g/mol. The first-order valence-corrected chi connectivity index (χ1v) is 11.0. The van der Waals surface area contributed by atoms with E-state index in [1.807, 2.05) is 60.4 Å². The van der Waals surface area contributed by atoms with Gasteiger partial charge in [-0.3, -0.25) is 14.5 Å². The second-order valence-corrected chi connectivity index (χ2v) is 8.29. The van der Waals surface area contributed by atoms with Crippen LogP contribution in [0.3, 0.4) is 0 Å². The molecular formula is C23H26N6O2S. The molecule has 9 heteroatoms. The molecule has 0 saturated carbocycles. The van der Waals surface area contributed by atoms with E-state index in [1.165, 1.54) is 0 Å². The third kappa shape index (κ3) is 5.23. The standard InChI is InChI=1S/C23H26N6O2S/c1-16-7-9-18(10-8-16)21-26-27-23(32)29(21)15-20(30)24-14-17-5-4-6-19(13-17)25-22(31)28-11-2-3-12-28/h4-10,13H,2-3,11-12,14-15H2,1H3,(H,24,30)(H,25,31)(H,27,32). The molecule has 0 spiro atoms. The van der Waals surface area contributed by atoms with Crippen molar-refractivity contribution in [1.29, 1.82) is 0 Å². The third-order valence-electron chi connectivity index (χ3n) is 5.43. The lowest BCUT2D eigenvalue weighted by molar-refractivity contribution is -0.121. The van der Waals surface area contributed by atoms with Gasteiger partial charge in [0.2, 0.25) is 5.91 Å². The predicted octanol–water partition coefficient (Wildman–Crippen LogP) is 3.86. The fraction of sp³-hybridized carbons (Fsp3) is 0.304. The minimum absolute atomic E-state index is 0.0595. The number of hydrogen-bond acceptors (Lipinski definition) is 4. The first-order valence-electron chi connectivity index (χ1n) is 10.6. The Morgan fingerprint density at radius 2 is 1.88 bits per heavy atom. The molecule has 3 aromatic rings. The van der Waals surface area contributed by atoms with Crippen LogP contribution in [0.25, 0.3) is 11.4 Å². The summed E-state index contributed by atoms with van der Waals surface area (Å²) in [4.78, 5) is 26.7. The Hall–Kier alpha value is -3.46. The normalized spacial score (nSPS) is 13.2. The van der Waals surface area contributed by atoms with Crippen LogP contribution in [0.1, 0.15) is 24.0 Å². The zero-order valence-corrected chi connectivity index (χ0v) is 18.7. The monoisotopic (exact) mass is 450 g/mol. The van der Waals surface area contributed by atoms with E-state index < -0.39 is 0 Å². The average Bonchev–Trinajstić information content (AvgIpc) is 3.44. The van der Waals surface area contributed by atoms with E-state index in [9.17, 15) is 9.59 Å². The van der Waals surface area contributed by atoms with Gasteiger partial charge in [-0.15, -0.1) is 0 Å². The molecule has 1 aliphatic heterocycles. The van der Waals surface area contributed by atoms with Gasteiger partial charge in [0.05, 0.1) is 0 Å². The second-order valence-electron chi connectivity index (χ2n) is 7.91. The summed E-state index contributed by atoms with van der Waals surface area (Å²) in [5.74, 6) is 0.444. The molecule has 2 aromatic carbocycles. The number of rotatable bonds is 6. The van der Waals surface area contributed by atoms with Gasteiger partial charge in [-0.2, -0.15) is 5.10 Å². The summed E-state index contributed by atoms with van der Waals surface area (Å²) in [6.07, 6.45) is 2.09. The van der Waals surface area contributed by atoms with Crippen LogP contribution in [0.15, 0.2) is 48.5 Å². The number of nitrogens with zero attached hydrogens (tertiary/aromatic N) is 3. The van der Waals surface area contributed by atoms with E-state index in [-0.39, 0.29) is 18.5 Å². The molecule has 4 rings (SSSR count). The molecule has 8 nitrogen and oxygen atoms in total. The van der Waals surface area contributed by atoms with Crippen LogP contribution < -0.4 is 10.6 Å². The van der Waals surface area contributed by atoms with Crippen molar-refractivity contribution in [2.45, 2.75) is 32.9 Å². The molecule has 3 N–H and O–H groups in total. The first kappa shape index (κ1) is 21.8. The number of aromatic nitrogens is 3. The van der Waals surface area contributed by atoms with Crippen LogP contribution in [0, 0.1) is 11.7 Å². The zero-order chi connectivity index (χ0) is 22.5. The minimum Gasteiger partial charge on any atom is -0.350 e. The number of amides is 3. The molecule has 0 bridgehead atoms. The molecule has 166 valence electrons. The van der Waals surface area contributed by atoms with Crippen molar-refractivity contribution in [2.24, 2.45) is 0 Å². The molecule has 0 atom stereocenters. The third-order valence-corrected chi connectivity index (χ3v) is 5.74. The maximum atomic E-state index is 12.6. The van der Waals surface area contributed by atoms with Crippen molar-refractivity contribution in [2.75, 3.05) is 18.4 Å². The fourth-order valence-electron chi connectivity index (χ4n) is 3.67. The Bertz CT molecular complexity index is 1160. The number of urea groups is 1. The van der Waals surface area contributed by atoms with Gasteiger partial charge in [-0.25, -0.2) is 4.79 Å². The number of anilines is 1. The van der Waals surface area contributed by atoms with E-state index in [4.69, 9.17) is 12.2 Å². The number of aromatic amines is 1. The van der Waals surface area contributed by atoms with Gasteiger partial charge in [0.25, 0.3) is 0 Å². The molecule has 1 aromatic heterocycles. The number of carbonyl (C=O) groups is 2. The Kier molecular flexibility index (Phi) is 6.65. The highest BCUT2D eigenvalue weighted by Gasteiger charge is 2.18. The summed E-state index contributed by atoms with van der Waals surface area (Å²) in [6, 6.07) is 15.3. The Balaban J connectivity index is 1.37. The summed E-state index contributed by atoms with van der Waals surface area (Å²) in [6.45, 7) is 4.01. The number of hydrogen-bond donors (Lipinski definition) is 3. The summed E-state index contributed by atoms with van der Waals surface area (Å²) < 4.78 is 2.07. The number of aryl methyl sites for hydroxylation is 1. The van der Waals surface area contributed by atoms with Crippen molar-refractivity contribution >= 4 is 29.8 Å². The molecule has 0 radical (unpaired) electrons. The van der Waals surface area contributed by atoms with E-state index in [0.717, 1.165) is 42.6 Å². The lowest BCUT2D eigenvalue weighted by atomic mass is 10.1. The lowest BCUT2D eigenvalue weighted by Crippen LogP contribution is -2.32. The highest BCUT2D eigenvalue weighted by molar-refractivity contribution is 7.71. The largest absolute Gasteiger partial charge is 0.350 e. The Morgan fingerprint density at radius 1 is 1.12 bits per heavy atom. The van der Waals surface area contributed by atoms with Gasteiger partial charge >= 0.3 is 6.03 Å². The minimum atomic E-state index is -0.178. The van der Waals surface area contributed by atoms with Crippen LogP contribution in [0.2, 0.25) is 0 Å². The van der Waals surface area contributed by atoms with Crippen LogP contribution in [0.4, 0.5) is 10.5 Å². The smallest absolute Gasteiger partial charge is 0.321 e. The molecule has 2 heterocycles. The summed E-state index contributed by atoms with van der Waals surface area (Å²) >= 11 is 5.32. The fourth-order valence-corrected chi connectivity index (χ4v) is 3.87.